The number of halogens is 1. The minimum atomic E-state index is -1.09. The summed E-state index contributed by atoms with van der Waals surface area (Å²) in [5.74, 6) is 3.92. The summed E-state index contributed by atoms with van der Waals surface area (Å²) in [6.07, 6.45) is 2.24. The molecule has 0 radical (unpaired) electrons. The third-order valence-electron chi connectivity index (χ3n) is 5.13. The number of ether oxygens (including phenoxy) is 1. The lowest BCUT2D eigenvalue weighted by molar-refractivity contribution is -0.139. The SMILES string of the molecule is Cl.NNC=NCCCC[C@H](NC(=O)OCC1c2ccccc2-c2ccccc21)C(=O)O. The van der Waals surface area contributed by atoms with Crippen LogP contribution in [0.5, 0.6) is 0 Å². The number of carboxylic acid groups (broad SMARTS) is 1. The molecule has 1 atom stereocenters. The first-order valence-corrected chi connectivity index (χ1v) is 9.90. The van der Waals surface area contributed by atoms with Crippen LogP contribution in [0.2, 0.25) is 0 Å². The molecule has 1 amide bonds. The third kappa shape index (κ3) is 6.19. The summed E-state index contributed by atoms with van der Waals surface area (Å²) in [4.78, 5) is 27.7. The normalized spacial score (nSPS) is 13.1. The van der Waals surface area contributed by atoms with Crippen LogP contribution >= 0.6 is 12.4 Å². The van der Waals surface area contributed by atoms with E-state index in [1.807, 2.05) is 36.4 Å². The maximum absolute atomic E-state index is 12.3. The van der Waals surface area contributed by atoms with E-state index in [2.05, 4.69) is 27.9 Å². The molecule has 166 valence electrons. The van der Waals surface area contributed by atoms with Gasteiger partial charge in [0.25, 0.3) is 0 Å². The highest BCUT2D eigenvalue weighted by molar-refractivity contribution is 5.85. The van der Waals surface area contributed by atoms with Gasteiger partial charge in [-0.3, -0.25) is 4.99 Å². The molecule has 5 N–H and O–H groups in total. The zero-order valence-corrected chi connectivity index (χ0v) is 17.8. The fourth-order valence-electron chi connectivity index (χ4n) is 3.71. The number of nitrogens with one attached hydrogen (secondary N) is 2. The second-order valence-electron chi connectivity index (χ2n) is 7.06. The number of carboxylic acids is 1. The number of carbonyl (C=O) groups is 2. The third-order valence-corrected chi connectivity index (χ3v) is 5.13. The Morgan fingerprint density at radius 3 is 2.29 bits per heavy atom. The van der Waals surface area contributed by atoms with E-state index in [0.29, 0.717) is 25.8 Å². The van der Waals surface area contributed by atoms with E-state index in [4.69, 9.17) is 10.6 Å². The molecule has 3 rings (SSSR count). The Labute approximate surface area is 187 Å². The number of alkyl carbamates (subject to hydrolysis) is 1. The first-order chi connectivity index (χ1) is 14.6. The predicted molar refractivity (Wildman–Crippen MR) is 121 cm³/mol. The molecular formula is C22H27ClN4O4. The molecule has 2 aromatic carbocycles. The smallest absolute Gasteiger partial charge is 0.407 e. The van der Waals surface area contributed by atoms with Gasteiger partial charge in [0, 0.05) is 12.5 Å². The van der Waals surface area contributed by atoms with E-state index < -0.39 is 18.1 Å². The van der Waals surface area contributed by atoms with Crippen molar-refractivity contribution in [1.82, 2.24) is 10.7 Å². The molecule has 1 aliphatic rings. The van der Waals surface area contributed by atoms with E-state index in [-0.39, 0.29) is 24.9 Å². The number of nitrogens with two attached hydrogens (primary N) is 1. The molecule has 31 heavy (non-hydrogen) atoms. The van der Waals surface area contributed by atoms with E-state index >= 15 is 0 Å². The maximum Gasteiger partial charge on any atom is 0.407 e. The number of rotatable bonds is 10. The second-order valence-corrected chi connectivity index (χ2v) is 7.06. The van der Waals surface area contributed by atoms with Crippen LogP contribution in [-0.2, 0) is 9.53 Å². The van der Waals surface area contributed by atoms with Crippen LogP contribution in [-0.4, -0.2) is 42.7 Å². The van der Waals surface area contributed by atoms with Gasteiger partial charge in [0.2, 0.25) is 0 Å². The minimum absolute atomic E-state index is 0. The summed E-state index contributed by atoms with van der Waals surface area (Å²) in [6.45, 7) is 0.675. The molecule has 8 nitrogen and oxygen atoms in total. The van der Waals surface area contributed by atoms with Gasteiger partial charge in [-0.15, -0.1) is 12.4 Å². The number of aliphatic carboxylic acids is 1. The predicted octanol–water partition coefficient (Wildman–Crippen LogP) is 3.06. The number of benzene rings is 2. The number of unbranched alkanes of at least 4 members (excludes halogenated alkanes) is 1. The van der Waals surface area contributed by atoms with Crippen molar-refractivity contribution in [3.8, 4) is 11.1 Å². The molecule has 0 aliphatic heterocycles. The largest absolute Gasteiger partial charge is 0.480 e. The molecule has 1 aliphatic carbocycles. The summed E-state index contributed by atoms with van der Waals surface area (Å²) >= 11 is 0. The highest BCUT2D eigenvalue weighted by Gasteiger charge is 2.29. The van der Waals surface area contributed by atoms with Crippen molar-refractivity contribution in [2.24, 2.45) is 10.8 Å². The number of nitrogens with zero attached hydrogens (tertiary/aromatic N) is 1. The monoisotopic (exact) mass is 446 g/mol. The fraction of sp³-hybridized carbons (Fsp3) is 0.318. The van der Waals surface area contributed by atoms with Crippen LogP contribution < -0.4 is 16.6 Å². The van der Waals surface area contributed by atoms with Crippen LogP contribution in [0.1, 0.15) is 36.3 Å². The Bertz CT molecular complexity index is 876. The van der Waals surface area contributed by atoms with Crippen molar-refractivity contribution < 1.29 is 19.4 Å². The summed E-state index contributed by atoms with van der Waals surface area (Å²) in [7, 11) is 0. The summed E-state index contributed by atoms with van der Waals surface area (Å²) in [5.41, 5.74) is 6.79. The van der Waals surface area contributed by atoms with Crippen LogP contribution in [0.15, 0.2) is 53.5 Å². The van der Waals surface area contributed by atoms with Crippen LogP contribution in [0.3, 0.4) is 0 Å². The molecule has 2 aromatic rings. The molecule has 0 heterocycles. The van der Waals surface area contributed by atoms with Crippen molar-refractivity contribution in [3.63, 3.8) is 0 Å². The fourth-order valence-corrected chi connectivity index (χ4v) is 3.71. The topological polar surface area (TPSA) is 126 Å². The number of fused-ring (bicyclic) bond motifs is 3. The Morgan fingerprint density at radius 2 is 1.71 bits per heavy atom. The molecule has 0 saturated carbocycles. The Balaban J connectivity index is 0.00000341. The van der Waals surface area contributed by atoms with Gasteiger partial charge >= 0.3 is 12.1 Å². The highest BCUT2D eigenvalue weighted by Crippen LogP contribution is 2.44. The number of carbonyl (C=O) groups excluding carboxylic acids is 1. The summed E-state index contributed by atoms with van der Waals surface area (Å²) in [6, 6.07) is 15.1. The van der Waals surface area contributed by atoms with Gasteiger partial charge in [-0.2, -0.15) is 0 Å². The lowest BCUT2D eigenvalue weighted by atomic mass is 9.98. The Morgan fingerprint density at radius 1 is 1.10 bits per heavy atom. The second kappa shape index (κ2) is 11.9. The average Bonchev–Trinajstić information content (AvgIpc) is 3.07. The van der Waals surface area contributed by atoms with Crippen LogP contribution in [0.4, 0.5) is 4.79 Å². The van der Waals surface area contributed by atoms with Crippen molar-refractivity contribution in [2.45, 2.75) is 31.2 Å². The van der Waals surface area contributed by atoms with E-state index in [1.54, 1.807) is 0 Å². The quantitative estimate of drug-likeness (QED) is 0.146. The van der Waals surface area contributed by atoms with Crippen molar-refractivity contribution in [3.05, 3.63) is 59.7 Å². The number of aliphatic imine (C=N–C) groups is 1. The molecule has 0 bridgehead atoms. The average molecular weight is 447 g/mol. The number of hydrogen-bond donors (Lipinski definition) is 4. The van der Waals surface area contributed by atoms with E-state index in [9.17, 15) is 14.7 Å². The lowest BCUT2D eigenvalue weighted by Crippen LogP contribution is -2.41. The van der Waals surface area contributed by atoms with Gasteiger partial charge in [0.05, 0.1) is 6.34 Å². The number of hydrazine groups is 1. The molecular weight excluding hydrogens is 420 g/mol. The number of amides is 1. The zero-order valence-electron chi connectivity index (χ0n) is 17.0. The van der Waals surface area contributed by atoms with Crippen LogP contribution in [0.25, 0.3) is 11.1 Å². The summed E-state index contributed by atoms with van der Waals surface area (Å²) < 4.78 is 5.42. The molecule has 0 unspecified atom stereocenters. The lowest BCUT2D eigenvalue weighted by Gasteiger charge is -2.17. The van der Waals surface area contributed by atoms with Gasteiger partial charge in [0.1, 0.15) is 12.6 Å². The Hall–Kier alpha value is -3.10. The van der Waals surface area contributed by atoms with Crippen molar-refractivity contribution in [2.75, 3.05) is 13.2 Å². The standard InChI is InChI=1S/C22H26N4O4.ClH/c23-25-14-24-12-6-5-11-20(21(27)28)26-22(29)30-13-19-17-9-3-1-7-15(17)16-8-2-4-10-18(16)19;/h1-4,7-10,14,19-20H,5-6,11-13,23H2,(H,24,25)(H,26,29)(H,27,28);1H/t20-;/m0./s1. The van der Waals surface area contributed by atoms with Crippen molar-refractivity contribution in [1.29, 1.82) is 0 Å². The Kier molecular flexibility index (Phi) is 9.30. The summed E-state index contributed by atoms with van der Waals surface area (Å²) in [5, 5.41) is 11.8. The van der Waals surface area contributed by atoms with Gasteiger partial charge in [-0.1, -0.05) is 48.5 Å². The van der Waals surface area contributed by atoms with Crippen LogP contribution in [0, 0.1) is 0 Å². The van der Waals surface area contributed by atoms with E-state index in [0.717, 1.165) is 22.3 Å². The van der Waals surface area contributed by atoms with Gasteiger partial charge in [-0.05, 0) is 41.5 Å². The van der Waals surface area contributed by atoms with Crippen molar-refractivity contribution >= 4 is 30.8 Å². The minimum Gasteiger partial charge on any atom is -0.480 e. The molecule has 0 saturated heterocycles. The maximum atomic E-state index is 12.3. The highest BCUT2D eigenvalue weighted by atomic mass is 35.5. The zero-order chi connectivity index (χ0) is 21.3. The van der Waals surface area contributed by atoms with Gasteiger partial charge in [-0.25, -0.2) is 15.4 Å². The first-order valence-electron chi connectivity index (χ1n) is 9.90. The number of hydrogen-bond acceptors (Lipinski definition) is 5. The molecule has 0 aromatic heterocycles. The van der Waals surface area contributed by atoms with Gasteiger partial charge < -0.3 is 20.6 Å². The molecule has 0 spiro atoms. The molecule has 9 heteroatoms. The van der Waals surface area contributed by atoms with E-state index in [1.165, 1.54) is 6.34 Å². The first kappa shape index (κ1) is 24.2. The van der Waals surface area contributed by atoms with Gasteiger partial charge in [0.15, 0.2) is 0 Å². The molecule has 0 fully saturated rings.